The van der Waals surface area contributed by atoms with E-state index in [1.54, 1.807) is 0 Å². The zero-order valence-electron chi connectivity index (χ0n) is 4.52. The van der Waals surface area contributed by atoms with Crippen LogP contribution in [0.15, 0.2) is 4.99 Å². The lowest BCUT2D eigenvalue weighted by molar-refractivity contribution is 0.604. The highest BCUT2D eigenvalue weighted by Crippen LogP contribution is 2.12. The fraction of sp³-hybridized carbons (Fsp3) is 0.667. The summed E-state index contributed by atoms with van der Waals surface area (Å²) in [6, 6.07) is 0. The van der Waals surface area contributed by atoms with E-state index in [-0.39, 0.29) is 0 Å². The lowest BCUT2D eigenvalue weighted by Gasteiger charge is -2.07. The first kappa shape index (κ1) is 4.82. The Hall–Kier alpha value is -0.330. The van der Waals surface area contributed by atoms with Gasteiger partial charge in [0.05, 0.1) is 0 Å². The highest BCUT2D eigenvalue weighted by atomic mass is 14.7. The van der Waals surface area contributed by atoms with Crippen molar-refractivity contribution >= 4 is 6.21 Å². The molecule has 1 nitrogen and oxygen atoms in total. The Morgan fingerprint density at radius 1 is 1.86 bits per heavy atom. The molecule has 1 heterocycles. The van der Waals surface area contributed by atoms with Gasteiger partial charge in [0.1, 0.15) is 6.54 Å². The first-order chi connectivity index (χ1) is 3.39. The van der Waals surface area contributed by atoms with Crippen LogP contribution in [-0.2, 0) is 0 Å². The fourth-order valence-corrected chi connectivity index (χ4v) is 0.634. The maximum absolute atomic E-state index is 3.88. The zero-order valence-corrected chi connectivity index (χ0v) is 4.52. The standard InChI is InChI=1S/C6H9N/c1-6-3-2-4-7-5-6/h4,6H,2-3H2,1H3. The third-order valence-corrected chi connectivity index (χ3v) is 1.11. The van der Waals surface area contributed by atoms with Gasteiger partial charge in [-0.15, -0.1) is 0 Å². The van der Waals surface area contributed by atoms with Crippen LogP contribution in [0.3, 0.4) is 0 Å². The number of aliphatic imine (C=N–C) groups is 1. The molecule has 0 spiro atoms. The van der Waals surface area contributed by atoms with E-state index in [1.165, 1.54) is 6.42 Å². The Bertz CT molecular complexity index is 76.2. The van der Waals surface area contributed by atoms with Crippen LogP contribution in [0.4, 0.5) is 0 Å². The molecule has 0 fully saturated rings. The van der Waals surface area contributed by atoms with Gasteiger partial charge in [-0.3, -0.25) is 4.99 Å². The minimum absolute atomic E-state index is 0.588. The van der Waals surface area contributed by atoms with Crippen LogP contribution >= 0.6 is 0 Å². The second-order valence-corrected chi connectivity index (χ2v) is 1.92. The van der Waals surface area contributed by atoms with Gasteiger partial charge < -0.3 is 0 Å². The molecule has 0 saturated heterocycles. The van der Waals surface area contributed by atoms with E-state index in [2.05, 4.69) is 18.5 Å². The Morgan fingerprint density at radius 2 is 2.71 bits per heavy atom. The molecule has 1 unspecified atom stereocenters. The Morgan fingerprint density at radius 3 is 3.00 bits per heavy atom. The van der Waals surface area contributed by atoms with Crippen molar-refractivity contribution in [3.05, 3.63) is 6.54 Å². The summed E-state index contributed by atoms with van der Waals surface area (Å²) >= 11 is 0. The van der Waals surface area contributed by atoms with E-state index >= 15 is 0 Å². The van der Waals surface area contributed by atoms with Crippen LogP contribution in [-0.4, -0.2) is 6.21 Å². The van der Waals surface area contributed by atoms with Gasteiger partial charge in [-0.1, -0.05) is 6.92 Å². The van der Waals surface area contributed by atoms with Crippen molar-refractivity contribution < 1.29 is 0 Å². The second-order valence-electron chi connectivity index (χ2n) is 1.92. The van der Waals surface area contributed by atoms with Crippen LogP contribution in [0, 0.1) is 12.5 Å². The molecule has 0 N–H and O–H groups in total. The van der Waals surface area contributed by atoms with Crippen LogP contribution in [0.1, 0.15) is 19.8 Å². The number of nitrogens with zero attached hydrogens (tertiary/aromatic N) is 1. The Balaban J connectivity index is 2.32. The van der Waals surface area contributed by atoms with Crippen molar-refractivity contribution in [1.82, 2.24) is 0 Å². The summed E-state index contributed by atoms with van der Waals surface area (Å²) < 4.78 is 0. The predicted octanol–water partition coefficient (Wildman–Crippen LogP) is 1.53. The second kappa shape index (κ2) is 2.10. The molecule has 0 bridgehead atoms. The van der Waals surface area contributed by atoms with Gasteiger partial charge in [-0.05, 0) is 25.0 Å². The monoisotopic (exact) mass is 95.1 g/mol. The minimum atomic E-state index is 0.588. The lowest BCUT2D eigenvalue weighted by atomic mass is 10.0. The van der Waals surface area contributed by atoms with E-state index in [4.69, 9.17) is 0 Å². The summed E-state index contributed by atoms with van der Waals surface area (Å²) in [5.41, 5.74) is 0. The van der Waals surface area contributed by atoms with Gasteiger partial charge >= 0.3 is 0 Å². The van der Waals surface area contributed by atoms with Gasteiger partial charge in [0.25, 0.3) is 0 Å². The van der Waals surface area contributed by atoms with Crippen molar-refractivity contribution in [3.63, 3.8) is 0 Å². The van der Waals surface area contributed by atoms with E-state index in [9.17, 15) is 0 Å². The van der Waals surface area contributed by atoms with E-state index in [0.717, 1.165) is 6.42 Å². The molecule has 1 heteroatoms. The molecule has 0 aromatic heterocycles. The molecule has 2 radical (unpaired) electrons. The van der Waals surface area contributed by atoms with Gasteiger partial charge in [0, 0.05) is 0 Å². The number of rotatable bonds is 0. The van der Waals surface area contributed by atoms with Crippen LogP contribution in [0.25, 0.3) is 0 Å². The molecular formula is C6H9N. The van der Waals surface area contributed by atoms with Crippen LogP contribution in [0.2, 0.25) is 0 Å². The molecular weight excluding hydrogens is 86.1 g/mol. The largest absolute Gasteiger partial charge is 0.285 e. The quantitative estimate of drug-likeness (QED) is 0.432. The van der Waals surface area contributed by atoms with Crippen molar-refractivity contribution in [2.45, 2.75) is 19.8 Å². The van der Waals surface area contributed by atoms with Crippen LogP contribution < -0.4 is 0 Å². The normalized spacial score (nSPS) is 30.7. The van der Waals surface area contributed by atoms with Crippen molar-refractivity contribution in [2.24, 2.45) is 10.9 Å². The first-order valence-electron chi connectivity index (χ1n) is 2.66. The fourth-order valence-electron chi connectivity index (χ4n) is 0.634. The topological polar surface area (TPSA) is 12.4 Å². The maximum Gasteiger partial charge on any atom is 0.118 e. The smallest absolute Gasteiger partial charge is 0.118 e. The predicted molar refractivity (Wildman–Crippen MR) is 30.1 cm³/mol. The third-order valence-electron chi connectivity index (χ3n) is 1.11. The SMILES string of the molecule is CC1[C]N=CCC1. The molecule has 1 rings (SSSR count). The van der Waals surface area contributed by atoms with Crippen molar-refractivity contribution in [1.29, 1.82) is 0 Å². The Labute approximate surface area is 44.5 Å². The summed E-state index contributed by atoms with van der Waals surface area (Å²) in [5, 5.41) is 0. The summed E-state index contributed by atoms with van der Waals surface area (Å²) in [6.45, 7) is 5.09. The Kier molecular flexibility index (Phi) is 1.45. The van der Waals surface area contributed by atoms with E-state index in [1.807, 2.05) is 6.21 Å². The van der Waals surface area contributed by atoms with Gasteiger partial charge in [-0.25, -0.2) is 0 Å². The third kappa shape index (κ3) is 1.30. The molecule has 1 atom stereocenters. The molecule has 0 saturated carbocycles. The number of hydrogen-bond acceptors (Lipinski definition) is 1. The summed E-state index contributed by atoms with van der Waals surface area (Å²) in [6.07, 6.45) is 4.28. The lowest BCUT2D eigenvalue weighted by Crippen LogP contribution is -1.98. The van der Waals surface area contributed by atoms with E-state index < -0.39 is 0 Å². The molecule has 1 aliphatic heterocycles. The average Bonchev–Trinajstić information content (AvgIpc) is 1.69. The minimum Gasteiger partial charge on any atom is -0.285 e. The molecule has 1 aliphatic rings. The first-order valence-corrected chi connectivity index (χ1v) is 2.66. The zero-order chi connectivity index (χ0) is 5.11. The highest BCUT2D eigenvalue weighted by molar-refractivity contribution is 5.58. The highest BCUT2D eigenvalue weighted by Gasteiger charge is 2.03. The van der Waals surface area contributed by atoms with Gasteiger partial charge in [0.15, 0.2) is 0 Å². The molecule has 0 aliphatic carbocycles. The summed E-state index contributed by atoms with van der Waals surface area (Å²) in [5.74, 6) is 0.588. The van der Waals surface area contributed by atoms with Gasteiger partial charge in [0.2, 0.25) is 0 Å². The van der Waals surface area contributed by atoms with Crippen LogP contribution in [0.5, 0.6) is 0 Å². The molecule has 0 aromatic rings. The van der Waals surface area contributed by atoms with E-state index in [0.29, 0.717) is 5.92 Å². The molecule has 0 amide bonds. The number of hydrogen-bond donors (Lipinski definition) is 0. The molecule has 0 aromatic carbocycles. The summed E-state index contributed by atoms with van der Waals surface area (Å²) in [7, 11) is 0. The summed E-state index contributed by atoms with van der Waals surface area (Å²) in [4.78, 5) is 3.88. The maximum atomic E-state index is 3.88. The van der Waals surface area contributed by atoms with Crippen molar-refractivity contribution in [3.8, 4) is 0 Å². The van der Waals surface area contributed by atoms with Crippen molar-refractivity contribution in [2.75, 3.05) is 0 Å². The molecule has 7 heavy (non-hydrogen) atoms. The van der Waals surface area contributed by atoms with Gasteiger partial charge in [-0.2, -0.15) is 0 Å². The molecule has 38 valence electrons. The average molecular weight is 95.1 g/mol.